The maximum Gasteiger partial charge on any atom is 0.131 e. The minimum absolute atomic E-state index is 0.488. The molecule has 0 bridgehead atoms. The molecule has 5 nitrogen and oxygen atoms in total. The standard InChI is InChI=1S/C12H21N3O2/c1-9-11(8-13)10(2)15-12(14-9)4-5-17-7-6-16-3/h4-8,13H2,1-3H3. The highest BCUT2D eigenvalue weighted by atomic mass is 16.5. The molecule has 17 heavy (non-hydrogen) atoms. The molecule has 0 fully saturated rings. The lowest BCUT2D eigenvalue weighted by atomic mass is 10.1. The van der Waals surface area contributed by atoms with Crippen LogP contribution in [-0.4, -0.2) is 36.9 Å². The molecule has 0 atom stereocenters. The summed E-state index contributed by atoms with van der Waals surface area (Å²) in [7, 11) is 1.66. The number of ether oxygens (including phenoxy) is 2. The van der Waals surface area contributed by atoms with Crippen LogP contribution in [0.15, 0.2) is 0 Å². The molecule has 0 amide bonds. The maximum absolute atomic E-state index is 5.64. The highest BCUT2D eigenvalue weighted by molar-refractivity contribution is 5.23. The van der Waals surface area contributed by atoms with Crippen LogP contribution < -0.4 is 5.73 Å². The molecule has 1 aromatic heterocycles. The third kappa shape index (κ3) is 4.38. The van der Waals surface area contributed by atoms with Crippen molar-refractivity contribution in [2.45, 2.75) is 26.8 Å². The van der Waals surface area contributed by atoms with Gasteiger partial charge < -0.3 is 15.2 Å². The molecule has 1 aromatic rings. The molecule has 0 radical (unpaired) electrons. The van der Waals surface area contributed by atoms with Crippen LogP contribution >= 0.6 is 0 Å². The van der Waals surface area contributed by atoms with E-state index in [1.54, 1.807) is 7.11 Å². The van der Waals surface area contributed by atoms with E-state index in [1.165, 1.54) is 0 Å². The molecule has 96 valence electrons. The Morgan fingerprint density at radius 1 is 1.06 bits per heavy atom. The number of methoxy groups -OCH3 is 1. The van der Waals surface area contributed by atoms with Gasteiger partial charge in [0, 0.05) is 37.0 Å². The number of rotatable bonds is 7. The van der Waals surface area contributed by atoms with Crippen molar-refractivity contribution in [2.24, 2.45) is 5.73 Å². The molecule has 0 saturated carbocycles. The molecular weight excluding hydrogens is 218 g/mol. The van der Waals surface area contributed by atoms with Crippen molar-refractivity contribution in [2.75, 3.05) is 26.9 Å². The summed E-state index contributed by atoms with van der Waals surface area (Å²) in [5, 5.41) is 0. The zero-order chi connectivity index (χ0) is 12.7. The van der Waals surface area contributed by atoms with E-state index in [1.807, 2.05) is 13.8 Å². The molecule has 5 heteroatoms. The van der Waals surface area contributed by atoms with Gasteiger partial charge in [0.25, 0.3) is 0 Å². The van der Waals surface area contributed by atoms with Crippen LogP contribution in [0, 0.1) is 13.8 Å². The van der Waals surface area contributed by atoms with Crippen LogP contribution in [0.25, 0.3) is 0 Å². The van der Waals surface area contributed by atoms with Gasteiger partial charge in [0.15, 0.2) is 0 Å². The summed E-state index contributed by atoms with van der Waals surface area (Å²) in [5.74, 6) is 0.814. The first-order valence-corrected chi connectivity index (χ1v) is 5.78. The SMILES string of the molecule is COCCOCCc1nc(C)c(CN)c(C)n1. The van der Waals surface area contributed by atoms with E-state index in [4.69, 9.17) is 15.2 Å². The van der Waals surface area contributed by atoms with Gasteiger partial charge in [-0.3, -0.25) is 0 Å². The number of nitrogens with two attached hydrogens (primary N) is 1. The molecular formula is C12H21N3O2. The van der Waals surface area contributed by atoms with Gasteiger partial charge in [0.05, 0.1) is 19.8 Å². The first-order valence-electron chi connectivity index (χ1n) is 5.78. The normalized spacial score (nSPS) is 10.8. The largest absolute Gasteiger partial charge is 0.382 e. The maximum atomic E-state index is 5.64. The van der Waals surface area contributed by atoms with Crippen molar-refractivity contribution in [1.29, 1.82) is 0 Å². The Balaban J connectivity index is 2.49. The number of hydrogen-bond acceptors (Lipinski definition) is 5. The Labute approximate surface area is 102 Å². The van der Waals surface area contributed by atoms with Crippen molar-refractivity contribution in [3.8, 4) is 0 Å². The highest BCUT2D eigenvalue weighted by Gasteiger charge is 2.06. The smallest absolute Gasteiger partial charge is 0.131 e. The summed E-state index contributed by atoms with van der Waals surface area (Å²) in [6, 6.07) is 0. The monoisotopic (exact) mass is 239 g/mol. The third-order valence-electron chi connectivity index (χ3n) is 2.57. The lowest BCUT2D eigenvalue weighted by molar-refractivity contribution is 0.0716. The minimum atomic E-state index is 0.488. The number of nitrogens with zero attached hydrogens (tertiary/aromatic N) is 2. The Kier molecular flexibility index (Phi) is 6.04. The van der Waals surface area contributed by atoms with Gasteiger partial charge in [-0.1, -0.05) is 0 Å². The number of aromatic nitrogens is 2. The first kappa shape index (κ1) is 14.0. The van der Waals surface area contributed by atoms with E-state index >= 15 is 0 Å². The summed E-state index contributed by atoms with van der Waals surface area (Å²) in [4.78, 5) is 8.84. The van der Waals surface area contributed by atoms with Crippen molar-refractivity contribution >= 4 is 0 Å². The fourth-order valence-electron chi connectivity index (χ4n) is 1.62. The van der Waals surface area contributed by atoms with Gasteiger partial charge in [0.2, 0.25) is 0 Å². The van der Waals surface area contributed by atoms with Crippen molar-refractivity contribution in [3.05, 3.63) is 22.8 Å². The Morgan fingerprint density at radius 3 is 2.24 bits per heavy atom. The van der Waals surface area contributed by atoms with Gasteiger partial charge in [-0.2, -0.15) is 0 Å². The molecule has 0 spiro atoms. The average Bonchev–Trinajstić information content (AvgIpc) is 2.28. The zero-order valence-electron chi connectivity index (χ0n) is 10.8. The van der Waals surface area contributed by atoms with Crippen LogP contribution in [-0.2, 0) is 22.4 Å². The Morgan fingerprint density at radius 2 is 1.71 bits per heavy atom. The fraction of sp³-hybridized carbons (Fsp3) is 0.667. The van der Waals surface area contributed by atoms with E-state index in [-0.39, 0.29) is 0 Å². The predicted octanol–water partition coefficient (Wildman–Crippen LogP) is 0.758. The average molecular weight is 239 g/mol. The highest BCUT2D eigenvalue weighted by Crippen LogP contribution is 2.09. The van der Waals surface area contributed by atoms with Gasteiger partial charge in [-0.15, -0.1) is 0 Å². The van der Waals surface area contributed by atoms with E-state index in [0.29, 0.717) is 26.4 Å². The molecule has 0 aliphatic heterocycles. The van der Waals surface area contributed by atoms with Crippen molar-refractivity contribution in [3.63, 3.8) is 0 Å². The topological polar surface area (TPSA) is 70.3 Å². The van der Waals surface area contributed by atoms with Crippen LogP contribution in [0.5, 0.6) is 0 Å². The van der Waals surface area contributed by atoms with E-state index in [9.17, 15) is 0 Å². The molecule has 1 heterocycles. The quantitative estimate of drug-likeness (QED) is 0.711. The summed E-state index contributed by atoms with van der Waals surface area (Å²) < 4.78 is 10.3. The molecule has 0 aliphatic rings. The number of aryl methyl sites for hydroxylation is 2. The second-order valence-electron chi connectivity index (χ2n) is 3.85. The molecule has 2 N–H and O–H groups in total. The van der Waals surface area contributed by atoms with E-state index in [0.717, 1.165) is 29.2 Å². The molecule has 1 rings (SSSR count). The van der Waals surface area contributed by atoms with Gasteiger partial charge in [0.1, 0.15) is 5.82 Å². The molecule has 0 aliphatic carbocycles. The lowest BCUT2D eigenvalue weighted by Crippen LogP contribution is -2.11. The van der Waals surface area contributed by atoms with Crippen molar-refractivity contribution < 1.29 is 9.47 Å². The summed E-state index contributed by atoms with van der Waals surface area (Å²) in [6.07, 6.45) is 0.718. The third-order valence-corrected chi connectivity index (χ3v) is 2.57. The molecule has 0 aromatic carbocycles. The van der Waals surface area contributed by atoms with Crippen molar-refractivity contribution in [1.82, 2.24) is 9.97 Å². The van der Waals surface area contributed by atoms with Crippen LogP contribution in [0.2, 0.25) is 0 Å². The Hall–Kier alpha value is -1.04. The minimum Gasteiger partial charge on any atom is -0.382 e. The molecule has 0 unspecified atom stereocenters. The van der Waals surface area contributed by atoms with Crippen LogP contribution in [0.4, 0.5) is 0 Å². The Bertz CT molecular complexity index is 333. The summed E-state index contributed by atoms with van der Waals surface area (Å²) in [6.45, 7) is 6.26. The lowest BCUT2D eigenvalue weighted by Gasteiger charge is -2.09. The van der Waals surface area contributed by atoms with Gasteiger partial charge in [-0.05, 0) is 13.8 Å². The van der Waals surface area contributed by atoms with E-state index < -0.39 is 0 Å². The van der Waals surface area contributed by atoms with E-state index in [2.05, 4.69) is 9.97 Å². The first-order chi connectivity index (χ1) is 8.19. The number of hydrogen-bond donors (Lipinski definition) is 1. The van der Waals surface area contributed by atoms with Gasteiger partial charge >= 0.3 is 0 Å². The second-order valence-corrected chi connectivity index (χ2v) is 3.85. The van der Waals surface area contributed by atoms with Crippen LogP contribution in [0.1, 0.15) is 22.8 Å². The van der Waals surface area contributed by atoms with Crippen LogP contribution in [0.3, 0.4) is 0 Å². The predicted molar refractivity (Wildman–Crippen MR) is 65.8 cm³/mol. The summed E-state index contributed by atoms with van der Waals surface area (Å²) in [5.41, 5.74) is 8.60. The molecule has 0 saturated heterocycles. The second kappa shape index (κ2) is 7.32. The summed E-state index contributed by atoms with van der Waals surface area (Å²) >= 11 is 0. The zero-order valence-corrected chi connectivity index (χ0v) is 10.8. The van der Waals surface area contributed by atoms with Gasteiger partial charge in [-0.25, -0.2) is 9.97 Å². The fourth-order valence-corrected chi connectivity index (χ4v) is 1.62.